The van der Waals surface area contributed by atoms with Crippen LogP contribution in [-0.2, 0) is 0 Å². The van der Waals surface area contributed by atoms with Crippen LogP contribution in [0, 0.1) is 5.92 Å². The zero-order valence-electron chi connectivity index (χ0n) is 10.4. The van der Waals surface area contributed by atoms with Gasteiger partial charge in [-0.1, -0.05) is 19.8 Å². The SMILES string of the molecule is CCC(CC1CC1)Nc1ncnc(N)c1OC. The number of nitrogens with one attached hydrogen (secondary N) is 1. The summed E-state index contributed by atoms with van der Waals surface area (Å²) in [6, 6.07) is 0.436. The lowest BCUT2D eigenvalue weighted by Crippen LogP contribution is -2.20. The van der Waals surface area contributed by atoms with Crippen molar-refractivity contribution in [2.75, 3.05) is 18.2 Å². The highest BCUT2D eigenvalue weighted by atomic mass is 16.5. The van der Waals surface area contributed by atoms with E-state index in [0.29, 0.717) is 23.4 Å². The highest BCUT2D eigenvalue weighted by Gasteiger charge is 2.25. The molecule has 0 bridgehead atoms. The first-order valence-corrected chi connectivity index (χ1v) is 6.15. The largest absolute Gasteiger partial charge is 0.490 e. The molecule has 17 heavy (non-hydrogen) atoms. The molecule has 0 aromatic carbocycles. The maximum absolute atomic E-state index is 5.75. The van der Waals surface area contributed by atoms with E-state index in [0.717, 1.165) is 12.3 Å². The number of ether oxygens (including phenoxy) is 1. The van der Waals surface area contributed by atoms with E-state index in [9.17, 15) is 0 Å². The van der Waals surface area contributed by atoms with Crippen LogP contribution < -0.4 is 15.8 Å². The Bertz CT molecular complexity index is 379. The molecule has 0 spiro atoms. The monoisotopic (exact) mass is 236 g/mol. The van der Waals surface area contributed by atoms with E-state index in [1.165, 1.54) is 25.6 Å². The Morgan fingerprint density at radius 1 is 1.53 bits per heavy atom. The highest BCUT2D eigenvalue weighted by Crippen LogP contribution is 2.35. The minimum Gasteiger partial charge on any atom is -0.490 e. The molecule has 1 heterocycles. The molecule has 2 rings (SSSR count). The Kier molecular flexibility index (Phi) is 3.66. The van der Waals surface area contributed by atoms with Crippen molar-refractivity contribution in [1.82, 2.24) is 9.97 Å². The first-order chi connectivity index (χ1) is 8.24. The van der Waals surface area contributed by atoms with Crippen LogP contribution >= 0.6 is 0 Å². The number of hydrogen-bond donors (Lipinski definition) is 2. The molecule has 0 amide bonds. The summed E-state index contributed by atoms with van der Waals surface area (Å²) < 4.78 is 5.23. The number of rotatable bonds is 6. The van der Waals surface area contributed by atoms with Gasteiger partial charge in [-0.05, 0) is 18.8 Å². The quantitative estimate of drug-likeness (QED) is 0.791. The molecular formula is C12H20N4O. The lowest BCUT2D eigenvalue weighted by Gasteiger charge is -2.19. The Morgan fingerprint density at radius 3 is 2.88 bits per heavy atom. The van der Waals surface area contributed by atoms with Gasteiger partial charge in [0, 0.05) is 6.04 Å². The Balaban J connectivity index is 2.07. The van der Waals surface area contributed by atoms with Gasteiger partial charge < -0.3 is 15.8 Å². The van der Waals surface area contributed by atoms with Gasteiger partial charge in [0.1, 0.15) is 6.33 Å². The minimum atomic E-state index is 0.381. The van der Waals surface area contributed by atoms with Gasteiger partial charge >= 0.3 is 0 Å². The van der Waals surface area contributed by atoms with Gasteiger partial charge in [-0.2, -0.15) is 0 Å². The van der Waals surface area contributed by atoms with Crippen LogP contribution in [0.5, 0.6) is 5.75 Å². The molecule has 1 aromatic rings. The molecular weight excluding hydrogens is 216 g/mol. The normalized spacial score (nSPS) is 16.6. The summed E-state index contributed by atoms with van der Waals surface area (Å²) in [6.45, 7) is 2.18. The zero-order chi connectivity index (χ0) is 12.3. The van der Waals surface area contributed by atoms with Gasteiger partial charge in [-0.25, -0.2) is 9.97 Å². The maximum atomic E-state index is 5.75. The molecule has 5 heteroatoms. The summed E-state index contributed by atoms with van der Waals surface area (Å²) in [4.78, 5) is 8.12. The van der Waals surface area contributed by atoms with Crippen molar-refractivity contribution < 1.29 is 4.74 Å². The predicted molar refractivity (Wildman–Crippen MR) is 68.0 cm³/mol. The molecule has 1 unspecified atom stereocenters. The van der Waals surface area contributed by atoms with Crippen LogP contribution in [0.25, 0.3) is 0 Å². The fourth-order valence-electron chi connectivity index (χ4n) is 1.97. The number of anilines is 2. The average molecular weight is 236 g/mol. The number of aromatic nitrogens is 2. The molecule has 1 fully saturated rings. The van der Waals surface area contributed by atoms with Gasteiger partial charge in [-0.15, -0.1) is 0 Å². The highest BCUT2D eigenvalue weighted by molar-refractivity contribution is 5.61. The van der Waals surface area contributed by atoms with Gasteiger partial charge in [0.05, 0.1) is 7.11 Å². The second-order valence-corrected chi connectivity index (χ2v) is 4.57. The molecule has 1 aromatic heterocycles. The number of nitrogens with zero attached hydrogens (tertiary/aromatic N) is 2. The summed E-state index contributed by atoms with van der Waals surface area (Å²) in [5.74, 6) is 2.51. The first kappa shape index (κ1) is 12.0. The summed E-state index contributed by atoms with van der Waals surface area (Å²) in [5, 5.41) is 3.40. The van der Waals surface area contributed by atoms with E-state index in [1.54, 1.807) is 7.11 Å². The summed E-state index contributed by atoms with van der Waals surface area (Å²) >= 11 is 0. The number of nitrogen functional groups attached to an aromatic ring is 1. The first-order valence-electron chi connectivity index (χ1n) is 6.15. The summed E-state index contributed by atoms with van der Waals surface area (Å²) in [7, 11) is 1.59. The molecule has 0 radical (unpaired) electrons. The molecule has 1 atom stereocenters. The molecule has 0 aliphatic heterocycles. The average Bonchev–Trinajstić information content (AvgIpc) is 3.12. The van der Waals surface area contributed by atoms with Crippen molar-refractivity contribution in [2.45, 2.75) is 38.6 Å². The van der Waals surface area contributed by atoms with Crippen LogP contribution in [0.15, 0.2) is 6.33 Å². The van der Waals surface area contributed by atoms with E-state index in [2.05, 4.69) is 22.2 Å². The molecule has 3 N–H and O–H groups in total. The van der Waals surface area contributed by atoms with E-state index < -0.39 is 0 Å². The van der Waals surface area contributed by atoms with Crippen LogP contribution in [0.4, 0.5) is 11.6 Å². The molecule has 1 saturated carbocycles. The lowest BCUT2D eigenvalue weighted by atomic mass is 10.1. The van der Waals surface area contributed by atoms with Gasteiger partial charge in [0.25, 0.3) is 0 Å². The molecule has 94 valence electrons. The van der Waals surface area contributed by atoms with Crippen molar-refractivity contribution in [3.05, 3.63) is 6.33 Å². The lowest BCUT2D eigenvalue weighted by molar-refractivity contribution is 0.414. The van der Waals surface area contributed by atoms with Gasteiger partial charge in [-0.3, -0.25) is 0 Å². The van der Waals surface area contributed by atoms with Crippen molar-refractivity contribution in [3.63, 3.8) is 0 Å². The molecule has 0 saturated heterocycles. The van der Waals surface area contributed by atoms with Crippen molar-refractivity contribution >= 4 is 11.6 Å². The van der Waals surface area contributed by atoms with E-state index in [-0.39, 0.29) is 0 Å². The second-order valence-electron chi connectivity index (χ2n) is 4.57. The summed E-state index contributed by atoms with van der Waals surface area (Å²) in [5.41, 5.74) is 5.75. The fraction of sp³-hybridized carbons (Fsp3) is 0.667. The van der Waals surface area contributed by atoms with Crippen molar-refractivity contribution in [1.29, 1.82) is 0 Å². The third kappa shape index (κ3) is 2.99. The number of methoxy groups -OCH3 is 1. The van der Waals surface area contributed by atoms with Crippen LogP contribution in [0.3, 0.4) is 0 Å². The Hall–Kier alpha value is -1.52. The predicted octanol–water partition coefficient (Wildman–Crippen LogP) is 2.06. The molecule has 1 aliphatic rings. The van der Waals surface area contributed by atoms with E-state index in [4.69, 9.17) is 10.5 Å². The third-order valence-corrected chi connectivity index (χ3v) is 3.18. The van der Waals surface area contributed by atoms with E-state index in [1.807, 2.05) is 0 Å². The van der Waals surface area contributed by atoms with Crippen molar-refractivity contribution in [3.8, 4) is 5.75 Å². The number of nitrogens with two attached hydrogens (primary N) is 1. The van der Waals surface area contributed by atoms with Crippen LogP contribution in [0.2, 0.25) is 0 Å². The Labute approximate surface area is 102 Å². The minimum absolute atomic E-state index is 0.381. The molecule has 5 nitrogen and oxygen atoms in total. The second kappa shape index (κ2) is 5.21. The maximum Gasteiger partial charge on any atom is 0.203 e. The van der Waals surface area contributed by atoms with Gasteiger partial charge in [0.15, 0.2) is 11.6 Å². The zero-order valence-corrected chi connectivity index (χ0v) is 10.4. The standard InChI is InChI=1S/C12H20N4O/c1-3-9(6-8-4-5-8)16-12-10(17-2)11(13)14-7-15-12/h7-9H,3-6H2,1-2H3,(H3,13,14,15,16). The van der Waals surface area contributed by atoms with Crippen molar-refractivity contribution in [2.24, 2.45) is 5.92 Å². The van der Waals surface area contributed by atoms with Gasteiger partial charge in [0.2, 0.25) is 5.75 Å². The van der Waals surface area contributed by atoms with Crippen LogP contribution in [0.1, 0.15) is 32.6 Å². The topological polar surface area (TPSA) is 73.1 Å². The third-order valence-electron chi connectivity index (χ3n) is 3.18. The van der Waals surface area contributed by atoms with Crippen LogP contribution in [-0.4, -0.2) is 23.1 Å². The fourth-order valence-corrected chi connectivity index (χ4v) is 1.97. The number of hydrogen-bond acceptors (Lipinski definition) is 5. The molecule has 1 aliphatic carbocycles. The van der Waals surface area contributed by atoms with E-state index >= 15 is 0 Å². The summed E-state index contributed by atoms with van der Waals surface area (Å²) in [6.07, 6.45) is 6.46. The smallest absolute Gasteiger partial charge is 0.203 e. The Morgan fingerprint density at radius 2 is 2.29 bits per heavy atom.